The molecule has 0 saturated heterocycles. The maximum atomic E-state index is 11.3. The molecule has 0 fully saturated rings. The summed E-state index contributed by atoms with van der Waals surface area (Å²) in [4.78, 5) is 11.3. The van der Waals surface area contributed by atoms with E-state index in [0.29, 0.717) is 12.3 Å². The van der Waals surface area contributed by atoms with Crippen LogP contribution in [0.25, 0.3) is 0 Å². The summed E-state index contributed by atoms with van der Waals surface area (Å²) >= 11 is 1.70. The highest BCUT2D eigenvalue weighted by atomic mass is 32.2. The minimum atomic E-state index is -0.289. The monoisotopic (exact) mass is 198 g/mol. The van der Waals surface area contributed by atoms with Gasteiger partial charge in [-0.15, -0.1) is 11.8 Å². The summed E-state index contributed by atoms with van der Waals surface area (Å²) in [7, 11) is 0. The number of hydrogen-bond acceptors (Lipinski definition) is 5. The number of hydrazine groups is 1. The van der Waals surface area contributed by atoms with Gasteiger partial charge in [-0.1, -0.05) is 0 Å². The lowest BCUT2D eigenvalue weighted by Crippen LogP contribution is -2.31. The minimum absolute atomic E-state index is 0.289. The first-order chi connectivity index (χ1) is 6.31. The molecular formula is C8H10N2O2S. The second-order valence-electron chi connectivity index (χ2n) is 2.66. The van der Waals surface area contributed by atoms with Crippen molar-refractivity contribution < 1.29 is 9.53 Å². The van der Waals surface area contributed by atoms with Crippen LogP contribution in [0.4, 0.5) is 0 Å². The number of esters is 1. The summed E-state index contributed by atoms with van der Waals surface area (Å²) < 4.78 is 4.86. The van der Waals surface area contributed by atoms with E-state index in [1.807, 2.05) is 10.4 Å². The van der Waals surface area contributed by atoms with Crippen molar-refractivity contribution in [3.8, 4) is 0 Å². The van der Waals surface area contributed by atoms with Gasteiger partial charge in [0.2, 0.25) is 0 Å². The van der Waals surface area contributed by atoms with Crippen LogP contribution >= 0.6 is 11.8 Å². The SMILES string of the molecule is CCOC(=O)C1=CC2=CSCN2N1. The molecule has 4 nitrogen and oxygen atoms in total. The van der Waals surface area contributed by atoms with E-state index >= 15 is 0 Å². The number of carbonyl (C=O) groups excluding carboxylic acids is 1. The Labute approximate surface area is 80.6 Å². The van der Waals surface area contributed by atoms with Crippen molar-refractivity contribution in [1.29, 1.82) is 0 Å². The quantitative estimate of drug-likeness (QED) is 0.665. The number of ether oxygens (including phenoxy) is 1. The molecule has 0 bridgehead atoms. The van der Waals surface area contributed by atoms with Crippen LogP contribution in [0.15, 0.2) is 22.9 Å². The lowest BCUT2D eigenvalue weighted by atomic mass is 10.4. The number of fused-ring (bicyclic) bond motifs is 1. The average molecular weight is 198 g/mol. The van der Waals surface area contributed by atoms with E-state index in [2.05, 4.69) is 5.43 Å². The standard InChI is InChI=1S/C8H10N2O2S/c1-2-12-8(11)7-3-6-4-13-5-10(6)9-7/h3-4,9H,2,5H2,1H3. The van der Waals surface area contributed by atoms with Gasteiger partial charge < -0.3 is 4.74 Å². The fourth-order valence-corrected chi connectivity index (χ4v) is 1.99. The molecule has 0 aliphatic carbocycles. The predicted octanol–water partition coefficient (Wildman–Crippen LogP) is 0.799. The van der Waals surface area contributed by atoms with E-state index in [4.69, 9.17) is 4.74 Å². The number of rotatable bonds is 2. The van der Waals surface area contributed by atoms with Gasteiger partial charge in [0.1, 0.15) is 5.70 Å². The van der Waals surface area contributed by atoms with Crippen molar-refractivity contribution in [1.82, 2.24) is 10.4 Å². The van der Waals surface area contributed by atoms with Crippen molar-refractivity contribution >= 4 is 17.7 Å². The molecule has 0 atom stereocenters. The van der Waals surface area contributed by atoms with E-state index in [0.717, 1.165) is 11.6 Å². The average Bonchev–Trinajstić information content (AvgIpc) is 2.61. The van der Waals surface area contributed by atoms with Crippen LogP contribution in [0.1, 0.15) is 6.92 Å². The number of nitrogens with one attached hydrogen (secondary N) is 1. The molecule has 0 aromatic carbocycles. The molecule has 13 heavy (non-hydrogen) atoms. The van der Waals surface area contributed by atoms with Crippen molar-refractivity contribution in [2.24, 2.45) is 0 Å². The Hall–Kier alpha value is -1.10. The van der Waals surface area contributed by atoms with Crippen molar-refractivity contribution in [2.75, 3.05) is 12.5 Å². The highest BCUT2D eigenvalue weighted by Gasteiger charge is 2.25. The summed E-state index contributed by atoms with van der Waals surface area (Å²) in [5, 5.41) is 3.93. The molecular weight excluding hydrogens is 188 g/mol. The van der Waals surface area contributed by atoms with Crippen molar-refractivity contribution in [2.45, 2.75) is 6.92 Å². The molecule has 2 heterocycles. The summed E-state index contributed by atoms with van der Waals surface area (Å²) in [6.45, 7) is 2.20. The van der Waals surface area contributed by atoms with Gasteiger partial charge >= 0.3 is 5.97 Å². The molecule has 0 unspecified atom stereocenters. The Morgan fingerprint density at radius 3 is 3.38 bits per heavy atom. The Morgan fingerprint density at radius 2 is 2.69 bits per heavy atom. The van der Waals surface area contributed by atoms with Gasteiger partial charge in [0.25, 0.3) is 0 Å². The summed E-state index contributed by atoms with van der Waals surface area (Å²) in [6, 6.07) is 0. The molecule has 70 valence electrons. The first-order valence-electron chi connectivity index (χ1n) is 4.06. The van der Waals surface area contributed by atoms with Gasteiger partial charge in [-0.25, -0.2) is 4.79 Å². The van der Waals surface area contributed by atoms with E-state index in [-0.39, 0.29) is 5.97 Å². The zero-order valence-electron chi connectivity index (χ0n) is 7.24. The van der Waals surface area contributed by atoms with Gasteiger partial charge in [0, 0.05) is 0 Å². The van der Waals surface area contributed by atoms with E-state index < -0.39 is 0 Å². The molecule has 2 aliphatic rings. The fourth-order valence-electron chi connectivity index (χ4n) is 1.18. The molecule has 0 saturated carbocycles. The Balaban J connectivity index is 2.07. The van der Waals surface area contributed by atoms with E-state index in [1.165, 1.54) is 0 Å². The number of carbonyl (C=O) groups is 1. The second-order valence-corrected chi connectivity index (χ2v) is 3.48. The lowest BCUT2D eigenvalue weighted by molar-refractivity contribution is -0.139. The Kier molecular flexibility index (Phi) is 2.18. The first-order valence-corrected chi connectivity index (χ1v) is 5.11. The third kappa shape index (κ3) is 1.51. The third-order valence-corrected chi connectivity index (χ3v) is 2.58. The first kappa shape index (κ1) is 8.50. The largest absolute Gasteiger partial charge is 0.461 e. The van der Waals surface area contributed by atoms with Crippen LogP contribution in [-0.4, -0.2) is 23.5 Å². The summed E-state index contributed by atoms with van der Waals surface area (Å²) in [6.07, 6.45) is 1.80. The van der Waals surface area contributed by atoms with E-state index in [9.17, 15) is 4.79 Å². The topological polar surface area (TPSA) is 41.6 Å². The zero-order chi connectivity index (χ0) is 9.26. The second kappa shape index (κ2) is 3.33. The van der Waals surface area contributed by atoms with Crippen LogP contribution in [0.2, 0.25) is 0 Å². The summed E-state index contributed by atoms with van der Waals surface area (Å²) in [5.41, 5.74) is 4.53. The number of thioether (sulfide) groups is 1. The highest BCUT2D eigenvalue weighted by Crippen LogP contribution is 2.27. The number of nitrogens with zero attached hydrogens (tertiary/aromatic N) is 1. The van der Waals surface area contributed by atoms with Gasteiger partial charge in [0.05, 0.1) is 18.2 Å². The Morgan fingerprint density at radius 1 is 1.85 bits per heavy atom. The van der Waals surface area contributed by atoms with E-state index in [1.54, 1.807) is 24.8 Å². The van der Waals surface area contributed by atoms with Crippen LogP contribution in [0.3, 0.4) is 0 Å². The van der Waals surface area contributed by atoms with Crippen molar-refractivity contribution in [3.63, 3.8) is 0 Å². The van der Waals surface area contributed by atoms with Gasteiger partial charge in [0.15, 0.2) is 0 Å². The summed E-state index contributed by atoms with van der Waals surface area (Å²) in [5.74, 6) is 0.553. The normalized spacial score (nSPS) is 19.0. The van der Waals surface area contributed by atoms with Gasteiger partial charge in [-0.3, -0.25) is 10.4 Å². The lowest BCUT2D eigenvalue weighted by Gasteiger charge is -2.14. The van der Waals surface area contributed by atoms with Crippen molar-refractivity contribution in [3.05, 3.63) is 22.9 Å². The van der Waals surface area contributed by atoms with Crippen LogP contribution in [0, 0.1) is 0 Å². The molecule has 2 rings (SSSR count). The molecule has 0 spiro atoms. The maximum Gasteiger partial charge on any atom is 0.356 e. The van der Waals surface area contributed by atoms with Crippen LogP contribution in [0.5, 0.6) is 0 Å². The van der Waals surface area contributed by atoms with Crippen LogP contribution in [-0.2, 0) is 9.53 Å². The molecule has 0 aromatic heterocycles. The third-order valence-electron chi connectivity index (χ3n) is 1.76. The zero-order valence-corrected chi connectivity index (χ0v) is 8.06. The van der Waals surface area contributed by atoms with Gasteiger partial charge in [-0.05, 0) is 18.4 Å². The van der Waals surface area contributed by atoms with Gasteiger partial charge in [-0.2, -0.15) is 0 Å². The number of hydrogen-bond donors (Lipinski definition) is 1. The highest BCUT2D eigenvalue weighted by molar-refractivity contribution is 8.02. The molecule has 0 aromatic rings. The maximum absolute atomic E-state index is 11.3. The minimum Gasteiger partial charge on any atom is -0.461 e. The molecule has 2 aliphatic heterocycles. The fraction of sp³-hybridized carbons (Fsp3) is 0.375. The smallest absolute Gasteiger partial charge is 0.356 e. The number of allylic oxidation sites excluding steroid dienone is 1. The predicted molar refractivity (Wildman–Crippen MR) is 50.2 cm³/mol. The van der Waals surface area contributed by atoms with Crippen LogP contribution < -0.4 is 5.43 Å². The Bertz CT molecular complexity index is 299. The molecule has 1 N–H and O–H groups in total. The molecule has 0 radical (unpaired) electrons. The molecule has 5 heteroatoms. The molecule has 0 amide bonds.